The Morgan fingerprint density at radius 2 is 2.00 bits per heavy atom. The molecule has 0 radical (unpaired) electrons. The number of nitrogens with zero attached hydrogens (tertiary/aromatic N) is 5. The third kappa shape index (κ3) is 5.24. The number of aryl methyl sites for hydroxylation is 2. The molecule has 1 amide bonds. The summed E-state index contributed by atoms with van der Waals surface area (Å²) in [6, 6.07) is 6.80. The predicted molar refractivity (Wildman–Crippen MR) is 110 cm³/mol. The summed E-state index contributed by atoms with van der Waals surface area (Å²) in [7, 11) is 0. The van der Waals surface area contributed by atoms with E-state index in [0.29, 0.717) is 65.4 Å². The molecule has 1 aromatic heterocycles. The van der Waals surface area contributed by atoms with Crippen LogP contribution in [0.15, 0.2) is 23.2 Å². The van der Waals surface area contributed by atoms with E-state index in [1.54, 1.807) is 30.9 Å². The molecular weight excluding hydrogens is 413 g/mol. The highest BCUT2D eigenvalue weighted by atomic mass is 35.5. The lowest BCUT2D eigenvalue weighted by Gasteiger charge is -2.35. The summed E-state index contributed by atoms with van der Waals surface area (Å²) in [6.45, 7) is 6.39. The topological polar surface area (TPSA) is 73.1 Å². The van der Waals surface area contributed by atoms with Crippen molar-refractivity contribution in [1.29, 1.82) is 5.26 Å². The standard InChI is InChI=1S/C20H21ClFN5OS/c1-13-15(10-23)20(25-14(2)24-13)29-12-19(28)27-8-6-26(7-9-27)11-16-17(21)4-3-5-18(16)22/h3-5H,6-9,11-12H2,1-2H3. The molecule has 3 rings (SSSR count). The number of aromatic nitrogens is 2. The molecule has 0 atom stereocenters. The number of nitriles is 1. The van der Waals surface area contributed by atoms with Gasteiger partial charge in [0.2, 0.25) is 5.91 Å². The van der Waals surface area contributed by atoms with Gasteiger partial charge in [0.05, 0.1) is 11.4 Å². The lowest BCUT2D eigenvalue weighted by atomic mass is 10.2. The maximum atomic E-state index is 14.0. The third-order valence-corrected chi connectivity index (χ3v) is 6.10. The molecule has 29 heavy (non-hydrogen) atoms. The zero-order valence-corrected chi connectivity index (χ0v) is 17.9. The zero-order chi connectivity index (χ0) is 21.0. The van der Waals surface area contributed by atoms with Gasteiger partial charge in [0, 0.05) is 43.3 Å². The number of amides is 1. The van der Waals surface area contributed by atoms with Crippen molar-refractivity contribution in [3.8, 4) is 6.07 Å². The molecule has 2 heterocycles. The van der Waals surface area contributed by atoms with Crippen LogP contribution in [0.2, 0.25) is 5.02 Å². The van der Waals surface area contributed by atoms with Gasteiger partial charge < -0.3 is 4.90 Å². The smallest absolute Gasteiger partial charge is 0.233 e. The molecule has 152 valence electrons. The van der Waals surface area contributed by atoms with Crippen LogP contribution in [0.4, 0.5) is 4.39 Å². The average Bonchev–Trinajstić information content (AvgIpc) is 2.69. The van der Waals surface area contributed by atoms with E-state index in [2.05, 4.69) is 20.9 Å². The Kier molecular flexibility index (Phi) is 7.06. The molecule has 0 aliphatic carbocycles. The first-order valence-corrected chi connectivity index (χ1v) is 10.6. The van der Waals surface area contributed by atoms with Gasteiger partial charge in [0.1, 0.15) is 28.3 Å². The summed E-state index contributed by atoms with van der Waals surface area (Å²) in [5.41, 5.74) is 1.53. The largest absolute Gasteiger partial charge is 0.339 e. The van der Waals surface area contributed by atoms with Crippen LogP contribution in [0.5, 0.6) is 0 Å². The maximum absolute atomic E-state index is 14.0. The summed E-state index contributed by atoms with van der Waals surface area (Å²) < 4.78 is 14.0. The highest BCUT2D eigenvalue weighted by molar-refractivity contribution is 8.00. The number of carbonyl (C=O) groups excluding carboxylic acids is 1. The number of piperazine rings is 1. The van der Waals surface area contributed by atoms with E-state index in [1.165, 1.54) is 17.8 Å². The number of hydrogen-bond acceptors (Lipinski definition) is 6. The molecule has 1 aromatic carbocycles. The van der Waals surface area contributed by atoms with Gasteiger partial charge in [-0.2, -0.15) is 5.26 Å². The fraction of sp³-hybridized carbons (Fsp3) is 0.400. The van der Waals surface area contributed by atoms with Gasteiger partial charge in [-0.1, -0.05) is 29.4 Å². The van der Waals surface area contributed by atoms with Crippen LogP contribution < -0.4 is 0 Å². The van der Waals surface area contributed by atoms with Crippen molar-refractivity contribution >= 4 is 29.3 Å². The predicted octanol–water partition coefficient (Wildman–Crippen LogP) is 3.19. The van der Waals surface area contributed by atoms with Crippen molar-refractivity contribution in [3.63, 3.8) is 0 Å². The number of benzene rings is 1. The van der Waals surface area contributed by atoms with E-state index >= 15 is 0 Å². The number of thioether (sulfide) groups is 1. The normalized spacial score (nSPS) is 14.7. The highest BCUT2D eigenvalue weighted by Crippen LogP contribution is 2.24. The second-order valence-corrected chi connectivity index (χ2v) is 8.17. The van der Waals surface area contributed by atoms with Crippen LogP contribution in [0.1, 0.15) is 22.6 Å². The van der Waals surface area contributed by atoms with Crippen LogP contribution in [0.3, 0.4) is 0 Å². The molecule has 1 aliphatic rings. The van der Waals surface area contributed by atoms with Crippen molar-refractivity contribution in [2.45, 2.75) is 25.4 Å². The SMILES string of the molecule is Cc1nc(C)c(C#N)c(SCC(=O)N2CCN(Cc3c(F)cccc3Cl)CC2)n1. The molecule has 0 bridgehead atoms. The van der Waals surface area contributed by atoms with E-state index in [1.807, 2.05) is 0 Å². The highest BCUT2D eigenvalue weighted by Gasteiger charge is 2.23. The van der Waals surface area contributed by atoms with E-state index < -0.39 is 0 Å². The molecule has 9 heteroatoms. The molecule has 1 fully saturated rings. The minimum absolute atomic E-state index is 0.00335. The molecular formula is C20H21ClFN5OS. The summed E-state index contributed by atoms with van der Waals surface area (Å²) in [4.78, 5) is 25.0. The fourth-order valence-electron chi connectivity index (χ4n) is 3.20. The average molecular weight is 434 g/mol. The number of rotatable bonds is 5. The maximum Gasteiger partial charge on any atom is 0.233 e. The van der Waals surface area contributed by atoms with Gasteiger partial charge in [-0.15, -0.1) is 0 Å². The van der Waals surface area contributed by atoms with Crippen molar-refractivity contribution in [2.24, 2.45) is 0 Å². The van der Waals surface area contributed by atoms with Crippen molar-refractivity contribution in [3.05, 3.63) is 51.7 Å². The van der Waals surface area contributed by atoms with E-state index in [4.69, 9.17) is 11.6 Å². The first-order chi connectivity index (χ1) is 13.9. The minimum Gasteiger partial charge on any atom is -0.339 e. The van der Waals surface area contributed by atoms with E-state index in [-0.39, 0.29) is 17.5 Å². The van der Waals surface area contributed by atoms with Crippen LogP contribution in [-0.4, -0.2) is 57.6 Å². The van der Waals surface area contributed by atoms with Crippen molar-refractivity contribution in [1.82, 2.24) is 19.8 Å². The Morgan fingerprint density at radius 1 is 1.28 bits per heavy atom. The van der Waals surface area contributed by atoms with E-state index in [0.717, 1.165) is 0 Å². The molecule has 0 N–H and O–H groups in total. The van der Waals surface area contributed by atoms with Gasteiger partial charge in [0.25, 0.3) is 0 Å². The molecule has 0 unspecified atom stereocenters. The molecule has 0 spiro atoms. The molecule has 1 aliphatic heterocycles. The second-order valence-electron chi connectivity index (χ2n) is 6.79. The number of hydrogen-bond donors (Lipinski definition) is 0. The van der Waals surface area contributed by atoms with Gasteiger partial charge in [-0.05, 0) is 26.0 Å². The molecule has 2 aromatic rings. The Hall–Kier alpha value is -2.21. The fourth-order valence-corrected chi connectivity index (χ4v) is 4.40. The zero-order valence-electron chi connectivity index (χ0n) is 16.3. The van der Waals surface area contributed by atoms with Crippen LogP contribution in [-0.2, 0) is 11.3 Å². The summed E-state index contributed by atoms with van der Waals surface area (Å²) in [5, 5.41) is 10.3. The first-order valence-electron chi connectivity index (χ1n) is 9.20. The van der Waals surface area contributed by atoms with Crippen LogP contribution in [0.25, 0.3) is 0 Å². The molecule has 0 saturated carbocycles. The Morgan fingerprint density at radius 3 is 2.66 bits per heavy atom. The van der Waals surface area contributed by atoms with Crippen molar-refractivity contribution < 1.29 is 9.18 Å². The number of halogens is 2. The van der Waals surface area contributed by atoms with Gasteiger partial charge >= 0.3 is 0 Å². The Bertz CT molecular complexity index is 936. The lowest BCUT2D eigenvalue weighted by Crippen LogP contribution is -2.48. The number of carbonyl (C=O) groups is 1. The summed E-state index contributed by atoms with van der Waals surface area (Å²) >= 11 is 7.37. The summed E-state index contributed by atoms with van der Waals surface area (Å²) in [5.74, 6) is 0.480. The second kappa shape index (κ2) is 9.53. The lowest BCUT2D eigenvalue weighted by molar-refractivity contribution is -0.130. The van der Waals surface area contributed by atoms with Crippen LogP contribution >= 0.6 is 23.4 Å². The molecule has 6 nitrogen and oxygen atoms in total. The van der Waals surface area contributed by atoms with Gasteiger partial charge in [-0.25, -0.2) is 14.4 Å². The summed E-state index contributed by atoms with van der Waals surface area (Å²) in [6.07, 6.45) is 0. The van der Waals surface area contributed by atoms with Crippen molar-refractivity contribution in [2.75, 3.05) is 31.9 Å². The van der Waals surface area contributed by atoms with Gasteiger partial charge in [-0.3, -0.25) is 9.69 Å². The Balaban J connectivity index is 1.54. The Labute approximate surface area is 178 Å². The van der Waals surface area contributed by atoms with E-state index in [9.17, 15) is 14.4 Å². The van der Waals surface area contributed by atoms with Crippen LogP contribution in [0, 0.1) is 31.0 Å². The minimum atomic E-state index is -0.309. The monoisotopic (exact) mass is 433 g/mol. The first kappa shape index (κ1) is 21.5. The quantitative estimate of drug-likeness (QED) is 0.532. The third-order valence-electron chi connectivity index (χ3n) is 4.78. The molecule has 1 saturated heterocycles. The van der Waals surface area contributed by atoms with Gasteiger partial charge in [0.15, 0.2) is 0 Å².